The van der Waals surface area contributed by atoms with Gasteiger partial charge in [0.1, 0.15) is 5.69 Å². The van der Waals surface area contributed by atoms with E-state index in [2.05, 4.69) is 15.7 Å². The first-order valence-corrected chi connectivity index (χ1v) is 6.46. The molecule has 0 bridgehead atoms. The molecule has 0 radical (unpaired) electrons. The van der Waals surface area contributed by atoms with Crippen LogP contribution in [0.1, 0.15) is 37.2 Å². The molecule has 0 aliphatic rings. The SMILES string of the molecule is CC(C)OCCCCNC(=O)c1ccc(NN)cn1. The van der Waals surface area contributed by atoms with E-state index >= 15 is 0 Å². The molecule has 0 aliphatic carbocycles. The van der Waals surface area contributed by atoms with Gasteiger partial charge in [-0.25, -0.2) is 4.98 Å². The van der Waals surface area contributed by atoms with Crippen molar-refractivity contribution in [2.75, 3.05) is 18.6 Å². The van der Waals surface area contributed by atoms with Gasteiger partial charge in [-0.1, -0.05) is 0 Å². The summed E-state index contributed by atoms with van der Waals surface area (Å²) >= 11 is 0. The summed E-state index contributed by atoms with van der Waals surface area (Å²) in [5.41, 5.74) is 3.52. The first-order chi connectivity index (χ1) is 9.13. The van der Waals surface area contributed by atoms with Crippen LogP contribution in [0.15, 0.2) is 18.3 Å². The van der Waals surface area contributed by atoms with Gasteiger partial charge in [0, 0.05) is 13.2 Å². The second-order valence-corrected chi connectivity index (χ2v) is 4.46. The molecular formula is C13H22N4O2. The number of anilines is 1. The van der Waals surface area contributed by atoms with Crippen molar-refractivity contribution in [1.82, 2.24) is 10.3 Å². The Labute approximate surface area is 113 Å². The number of hydrazine groups is 1. The lowest BCUT2D eigenvalue weighted by atomic mass is 10.3. The van der Waals surface area contributed by atoms with Gasteiger partial charge in [-0.2, -0.15) is 0 Å². The minimum atomic E-state index is -0.173. The van der Waals surface area contributed by atoms with Crippen LogP contribution in [0.25, 0.3) is 0 Å². The van der Waals surface area contributed by atoms with Crippen LogP contribution in [0.4, 0.5) is 5.69 Å². The maximum atomic E-state index is 11.7. The molecule has 1 amide bonds. The van der Waals surface area contributed by atoms with Crippen LogP contribution >= 0.6 is 0 Å². The lowest BCUT2D eigenvalue weighted by Gasteiger charge is -2.08. The van der Waals surface area contributed by atoms with Crippen molar-refractivity contribution in [3.63, 3.8) is 0 Å². The molecule has 0 atom stereocenters. The topological polar surface area (TPSA) is 89.3 Å². The van der Waals surface area contributed by atoms with E-state index in [-0.39, 0.29) is 12.0 Å². The van der Waals surface area contributed by atoms with Gasteiger partial charge in [0.25, 0.3) is 5.91 Å². The quantitative estimate of drug-likeness (QED) is 0.375. The van der Waals surface area contributed by atoms with Crippen molar-refractivity contribution in [3.05, 3.63) is 24.0 Å². The van der Waals surface area contributed by atoms with E-state index in [1.807, 2.05) is 13.8 Å². The number of hydrogen-bond acceptors (Lipinski definition) is 5. The first-order valence-electron chi connectivity index (χ1n) is 6.46. The van der Waals surface area contributed by atoms with Gasteiger partial charge in [0.05, 0.1) is 18.0 Å². The maximum Gasteiger partial charge on any atom is 0.269 e. The highest BCUT2D eigenvalue weighted by molar-refractivity contribution is 5.92. The zero-order chi connectivity index (χ0) is 14.1. The molecule has 106 valence electrons. The van der Waals surface area contributed by atoms with Crippen molar-refractivity contribution in [1.29, 1.82) is 0 Å². The highest BCUT2D eigenvalue weighted by Gasteiger charge is 2.05. The summed E-state index contributed by atoms with van der Waals surface area (Å²) in [6.07, 6.45) is 3.60. The number of nitrogens with two attached hydrogens (primary N) is 1. The molecule has 0 fully saturated rings. The Kier molecular flexibility index (Phi) is 6.84. The van der Waals surface area contributed by atoms with Gasteiger partial charge < -0.3 is 15.5 Å². The molecule has 1 heterocycles. The Morgan fingerprint density at radius 2 is 2.21 bits per heavy atom. The van der Waals surface area contributed by atoms with Crippen LogP contribution in [0.2, 0.25) is 0 Å². The highest BCUT2D eigenvalue weighted by atomic mass is 16.5. The second kappa shape index (κ2) is 8.44. The Hall–Kier alpha value is -1.66. The average molecular weight is 266 g/mol. The fourth-order valence-corrected chi connectivity index (χ4v) is 1.45. The lowest BCUT2D eigenvalue weighted by molar-refractivity contribution is 0.0754. The molecule has 1 rings (SSSR count). The predicted octanol–water partition coefficient (Wildman–Crippen LogP) is 1.30. The standard InChI is InChI=1S/C13H22N4O2/c1-10(2)19-8-4-3-7-15-13(18)12-6-5-11(17-14)9-16-12/h5-6,9-10,17H,3-4,7-8,14H2,1-2H3,(H,15,18). The van der Waals surface area contributed by atoms with Gasteiger partial charge in [-0.3, -0.25) is 10.6 Å². The molecular weight excluding hydrogens is 244 g/mol. The van der Waals surface area contributed by atoms with Gasteiger partial charge in [0.2, 0.25) is 0 Å². The van der Waals surface area contributed by atoms with E-state index in [4.69, 9.17) is 10.6 Å². The van der Waals surface area contributed by atoms with Crippen molar-refractivity contribution < 1.29 is 9.53 Å². The Morgan fingerprint density at radius 1 is 1.42 bits per heavy atom. The van der Waals surface area contributed by atoms with Crippen LogP contribution in [-0.2, 0) is 4.74 Å². The number of hydrogen-bond donors (Lipinski definition) is 3. The summed E-state index contributed by atoms with van der Waals surface area (Å²) in [5, 5.41) is 2.82. The summed E-state index contributed by atoms with van der Waals surface area (Å²) in [5.74, 6) is 5.05. The summed E-state index contributed by atoms with van der Waals surface area (Å²) in [7, 11) is 0. The number of nitrogen functional groups attached to an aromatic ring is 1. The Balaban J connectivity index is 2.20. The van der Waals surface area contributed by atoms with Gasteiger partial charge in [-0.15, -0.1) is 0 Å². The zero-order valence-corrected chi connectivity index (χ0v) is 11.5. The zero-order valence-electron chi connectivity index (χ0n) is 11.5. The molecule has 19 heavy (non-hydrogen) atoms. The first kappa shape index (κ1) is 15.4. The van der Waals surface area contributed by atoms with Crippen molar-refractivity contribution in [3.8, 4) is 0 Å². The summed E-state index contributed by atoms with van der Waals surface area (Å²) in [6, 6.07) is 3.34. The molecule has 0 spiro atoms. The van der Waals surface area contributed by atoms with Gasteiger partial charge in [0.15, 0.2) is 0 Å². The molecule has 0 aromatic carbocycles. The second-order valence-electron chi connectivity index (χ2n) is 4.46. The van der Waals surface area contributed by atoms with E-state index in [9.17, 15) is 4.79 Å². The van der Waals surface area contributed by atoms with E-state index in [0.29, 0.717) is 17.9 Å². The summed E-state index contributed by atoms with van der Waals surface area (Å²) in [4.78, 5) is 15.7. The Bertz CT molecular complexity index is 379. The molecule has 0 aliphatic heterocycles. The number of ether oxygens (including phenoxy) is 1. The molecule has 1 aromatic heterocycles. The van der Waals surface area contributed by atoms with Crippen LogP contribution < -0.4 is 16.6 Å². The fourth-order valence-electron chi connectivity index (χ4n) is 1.45. The number of carbonyl (C=O) groups is 1. The molecule has 6 heteroatoms. The molecule has 4 N–H and O–H groups in total. The number of carbonyl (C=O) groups excluding carboxylic acids is 1. The van der Waals surface area contributed by atoms with Gasteiger partial charge >= 0.3 is 0 Å². The monoisotopic (exact) mass is 266 g/mol. The largest absolute Gasteiger partial charge is 0.379 e. The predicted molar refractivity (Wildman–Crippen MR) is 74.7 cm³/mol. The average Bonchev–Trinajstić information content (AvgIpc) is 2.42. The normalized spacial score (nSPS) is 10.5. The van der Waals surface area contributed by atoms with Crippen molar-refractivity contribution >= 4 is 11.6 Å². The molecule has 1 aromatic rings. The number of amides is 1. The third-order valence-electron chi connectivity index (χ3n) is 2.47. The van der Waals surface area contributed by atoms with Crippen LogP contribution in [0.3, 0.4) is 0 Å². The van der Waals surface area contributed by atoms with Gasteiger partial charge in [-0.05, 0) is 38.8 Å². The van der Waals surface area contributed by atoms with Crippen LogP contribution in [-0.4, -0.2) is 30.1 Å². The van der Waals surface area contributed by atoms with E-state index in [1.165, 1.54) is 6.20 Å². The number of pyridine rings is 1. The summed E-state index contributed by atoms with van der Waals surface area (Å²) in [6.45, 7) is 5.36. The number of unbranched alkanes of at least 4 members (excludes halogenated alkanes) is 1. The van der Waals surface area contributed by atoms with Crippen LogP contribution in [0.5, 0.6) is 0 Å². The van der Waals surface area contributed by atoms with E-state index in [0.717, 1.165) is 19.4 Å². The maximum absolute atomic E-state index is 11.7. The van der Waals surface area contributed by atoms with Crippen molar-refractivity contribution in [2.45, 2.75) is 32.8 Å². The summed E-state index contributed by atoms with van der Waals surface area (Å²) < 4.78 is 5.42. The smallest absolute Gasteiger partial charge is 0.269 e. The third-order valence-corrected chi connectivity index (χ3v) is 2.47. The lowest BCUT2D eigenvalue weighted by Crippen LogP contribution is -2.25. The minimum absolute atomic E-state index is 0.173. The minimum Gasteiger partial charge on any atom is -0.379 e. The van der Waals surface area contributed by atoms with Crippen molar-refractivity contribution in [2.24, 2.45) is 5.84 Å². The highest BCUT2D eigenvalue weighted by Crippen LogP contribution is 2.03. The number of nitrogens with zero attached hydrogens (tertiary/aromatic N) is 1. The number of aromatic nitrogens is 1. The Morgan fingerprint density at radius 3 is 2.79 bits per heavy atom. The fraction of sp³-hybridized carbons (Fsp3) is 0.538. The molecule has 0 saturated carbocycles. The number of nitrogens with one attached hydrogen (secondary N) is 2. The van der Waals surface area contributed by atoms with E-state index in [1.54, 1.807) is 12.1 Å². The molecule has 0 unspecified atom stereocenters. The van der Waals surface area contributed by atoms with Crippen LogP contribution in [0, 0.1) is 0 Å². The number of rotatable bonds is 8. The molecule has 6 nitrogen and oxygen atoms in total. The third kappa shape index (κ3) is 6.17. The molecule has 0 saturated heterocycles. The van der Waals surface area contributed by atoms with E-state index < -0.39 is 0 Å².